The number of benzene rings is 1. The Bertz CT molecular complexity index is 762. The number of ether oxygens (including phenoxy) is 2. The third-order valence-electron chi connectivity index (χ3n) is 3.34. The van der Waals surface area contributed by atoms with E-state index in [1.165, 1.54) is 31.4 Å². The number of ketones is 1. The number of hydrogen-bond donors (Lipinski definition) is 0. The van der Waals surface area contributed by atoms with Gasteiger partial charge in [-0.1, -0.05) is 32.9 Å². The Hall–Kier alpha value is -2.70. The standard InChI is InChI=1S/C17H19FN2O4/c1-17(2,3)14(21)10-24-15-9-12(16(22)23-4)19-20(15)13-8-6-5-7-11(13)18/h5-9H,10H2,1-4H3. The number of aromatic nitrogens is 2. The molecule has 0 N–H and O–H groups in total. The number of Topliss-reactive ketones (excluding diaryl/α,β-unsaturated/α-hetero) is 1. The van der Waals surface area contributed by atoms with Crippen LogP contribution in [0.5, 0.6) is 5.88 Å². The minimum absolute atomic E-state index is 0.0426. The van der Waals surface area contributed by atoms with Crippen molar-refractivity contribution in [3.05, 3.63) is 41.8 Å². The molecule has 0 atom stereocenters. The van der Waals surface area contributed by atoms with E-state index in [9.17, 15) is 14.0 Å². The lowest BCUT2D eigenvalue weighted by Gasteiger charge is -2.17. The first-order valence-electron chi connectivity index (χ1n) is 7.33. The van der Waals surface area contributed by atoms with Crippen LogP contribution in [-0.2, 0) is 9.53 Å². The average Bonchev–Trinajstić information content (AvgIpc) is 2.95. The zero-order valence-electron chi connectivity index (χ0n) is 14.0. The first kappa shape index (κ1) is 17.7. The molecule has 1 heterocycles. The van der Waals surface area contributed by atoms with Crippen molar-refractivity contribution in [1.29, 1.82) is 0 Å². The molecule has 0 unspecified atom stereocenters. The number of carbonyl (C=O) groups excluding carboxylic acids is 2. The van der Waals surface area contributed by atoms with Crippen molar-refractivity contribution in [2.75, 3.05) is 13.7 Å². The quantitative estimate of drug-likeness (QED) is 0.786. The second kappa shape index (κ2) is 6.82. The van der Waals surface area contributed by atoms with Crippen molar-refractivity contribution >= 4 is 11.8 Å². The minimum Gasteiger partial charge on any atom is -0.470 e. The summed E-state index contributed by atoms with van der Waals surface area (Å²) < 4.78 is 25.3. The summed E-state index contributed by atoms with van der Waals surface area (Å²) in [6.07, 6.45) is 0. The Kier molecular flexibility index (Phi) is 5.02. The van der Waals surface area contributed by atoms with Gasteiger partial charge in [-0.2, -0.15) is 9.78 Å². The summed E-state index contributed by atoms with van der Waals surface area (Å²) >= 11 is 0. The molecule has 0 aliphatic carbocycles. The highest BCUT2D eigenvalue weighted by Gasteiger charge is 2.24. The molecule has 0 radical (unpaired) electrons. The van der Waals surface area contributed by atoms with Crippen LogP contribution in [-0.4, -0.2) is 35.2 Å². The van der Waals surface area contributed by atoms with Gasteiger partial charge in [0.1, 0.15) is 18.1 Å². The Morgan fingerprint density at radius 3 is 2.50 bits per heavy atom. The average molecular weight is 334 g/mol. The van der Waals surface area contributed by atoms with Crippen molar-refractivity contribution in [1.82, 2.24) is 9.78 Å². The normalized spacial score (nSPS) is 11.2. The van der Waals surface area contributed by atoms with Crippen LogP contribution < -0.4 is 4.74 Å². The lowest BCUT2D eigenvalue weighted by atomic mass is 9.91. The van der Waals surface area contributed by atoms with Crippen molar-refractivity contribution in [2.24, 2.45) is 5.41 Å². The maximum absolute atomic E-state index is 14.0. The van der Waals surface area contributed by atoms with E-state index >= 15 is 0 Å². The van der Waals surface area contributed by atoms with E-state index in [1.54, 1.807) is 26.8 Å². The van der Waals surface area contributed by atoms with Gasteiger partial charge in [0.15, 0.2) is 11.5 Å². The number of halogens is 1. The van der Waals surface area contributed by atoms with Crippen molar-refractivity contribution in [2.45, 2.75) is 20.8 Å². The van der Waals surface area contributed by atoms with Crippen LogP contribution >= 0.6 is 0 Å². The molecule has 0 saturated heterocycles. The summed E-state index contributed by atoms with van der Waals surface area (Å²) in [5, 5.41) is 4.02. The van der Waals surface area contributed by atoms with E-state index in [2.05, 4.69) is 9.84 Å². The molecule has 24 heavy (non-hydrogen) atoms. The lowest BCUT2D eigenvalue weighted by molar-refractivity contribution is -0.128. The highest BCUT2D eigenvalue weighted by Crippen LogP contribution is 2.23. The Balaban J connectivity index is 2.38. The Labute approximate surface area is 139 Å². The monoisotopic (exact) mass is 334 g/mol. The molecule has 2 aromatic rings. The van der Waals surface area contributed by atoms with Gasteiger partial charge in [0, 0.05) is 11.5 Å². The molecule has 0 aliphatic heterocycles. The molecule has 2 rings (SSSR count). The summed E-state index contributed by atoms with van der Waals surface area (Å²) in [6, 6.07) is 7.23. The van der Waals surface area contributed by atoms with Crippen LogP contribution in [0.2, 0.25) is 0 Å². The highest BCUT2D eigenvalue weighted by atomic mass is 19.1. The fourth-order valence-corrected chi connectivity index (χ4v) is 1.82. The molecule has 7 heteroatoms. The largest absolute Gasteiger partial charge is 0.470 e. The second-order valence-corrected chi connectivity index (χ2v) is 6.18. The fourth-order valence-electron chi connectivity index (χ4n) is 1.82. The van der Waals surface area contributed by atoms with Gasteiger partial charge in [-0.25, -0.2) is 9.18 Å². The smallest absolute Gasteiger partial charge is 0.358 e. The van der Waals surface area contributed by atoms with Crippen molar-refractivity contribution in [3.63, 3.8) is 0 Å². The number of esters is 1. The molecular formula is C17H19FN2O4. The van der Waals surface area contributed by atoms with Gasteiger partial charge in [0.05, 0.1) is 7.11 Å². The van der Waals surface area contributed by atoms with Gasteiger partial charge in [-0.05, 0) is 12.1 Å². The number of para-hydroxylation sites is 1. The predicted molar refractivity (Wildman–Crippen MR) is 84.8 cm³/mol. The van der Waals surface area contributed by atoms with Gasteiger partial charge >= 0.3 is 5.97 Å². The topological polar surface area (TPSA) is 70.4 Å². The lowest BCUT2D eigenvalue weighted by Crippen LogP contribution is -2.26. The molecule has 1 aromatic carbocycles. The minimum atomic E-state index is -0.683. The van der Waals surface area contributed by atoms with Crippen LogP contribution in [0.1, 0.15) is 31.3 Å². The summed E-state index contributed by atoms with van der Waals surface area (Å²) in [5.41, 5.74) is -0.515. The van der Waals surface area contributed by atoms with Crippen LogP contribution in [0.15, 0.2) is 30.3 Å². The van der Waals surface area contributed by atoms with Crippen molar-refractivity contribution in [3.8, 4) is 11.6 Å². The van der Waals surface area contributed by atoms with Crippen LogP contribution in [0.25, 0.3) is 5.69 Å². The van der Waals surface area contributed by atoms with Gasteiger partial charge in [0.2, 0.25) is 5.88 Å². The first-order valence-corrected chi connectivity index (χ1v) is 7.33. The van der Waals surface area contributed by atoms with Gasteiger partial charge in [-0.3, -0.25) is 4.79 Å². The molecule has 0 bridgehead atoms. The first-order chi connectivity index (χ1) is 11.2. The number of hydrogen-bond acceptors (Lipinski definition) is 5. The fraction of sp³-hybridized carbons (Fsp3) is 0.353. The van der Waals surface area contributed by atoms with Gasteiger partial charge in [0.25, 0.3) is 0 Å². The SMILES string of the molecule is COC(=O)c1cc(OCC(=O)C(C)(C)C)n(-c2ccccc2F)n1. The zero-order chi connectivity index (χ0) is 17.9. The third-order valence-corrected chi connectivity index (χ3v) is 3.34. The molecule has 1 aromatic heterocycles. The molecule has 0 spiro atoms. The Morgan fingerprint density at radius 1 is 1.25 bits per heavy atom. The third kappa shape index (κ3) is 3.79. The molecule has 6 nitrogen and oxygen atoms in total. The Morgan fingerprint density at radius 2 is 1.92 bits per heavy atom. The number of carbonyl (C=O) groups is 2. The molecular weight excluding hydrogens is 315 g/mol. The van der Waals surface area contributed by atoms with Gasteiger partial charge < -0.3 is 9.47 Å². The number of rotatable bonds is 5. The molecule has 0 amide bonds. The van der Waals surface area contributed by atoms with Crippen molar-refractivity contribution < 1.29 is 23.5 Å². The second-order valence-electron chi connectivity index (χ2n) is 6.18. The van der Waals surface area contributed by atoms with E-state index < -0.39 is 17.2 Å². The van der Waals surface area contributed by atoms with Gasteiger partial charge in [-0.15, -0.1) is 0 Å². The molecule has 0 fully saturated rings. The number of methoxy groups -OCH3 is 1. The maximum atomic E-state index is 14.0. The van der Waals surface area contributed by atoms with E-state index in [-0.39, 0.29) is 29.7 Å². The summed E-state index contributed by atoms with van der Waals surface area (Å²) in [4.78, 5) is 23.7. The van der Waals surface area contributed by atoms with E-state index in [0.717, 1.165) is 4.68 Å². The summed E-state index contributed by atoms with van der Waals surface area (Å²) in [7, 11) is 1.22. The van der Waals surface area contributed by atoms with E-state index in [0.29, 0.717) is 0 Å². The van der Waals surface area contributed by atoms with Crippen LogP contribution in [0.3, 0.4) is 0 Å². The molecule has 0 aliphatic rings. The summed E-state index contributed by atoms with van der Waals surface area (Å²) in [5.74, 6) is -1.28. The predicted octanol–water partition coefficient (Wildman–Crippen LogP) is 2.79. The highest BCUT2D eigenvalue weighted by molar-refractivity contribution is 5.88. The maximum Gasteiger partial charge on any atom is 0.358 e. The molecule has 0 saturated carbocycles. The number of nitrogens with zero attached hydrogens (tertiary/aromatic N) is 2. The van der Waals surface area contributed by atoms with Crippen LogP contribution in [0, 0.1) is 11.2 Å². The van der Waals surface area contributed by atoms with Crippen LogP contribution in [0.4, 0.5) is 4.39 Å². The van der Waals surface area contributed by atoms with E-state index in [4.69, 9.17) is 4.74 Å². The van der Waals surface area contributed by atoms with E-state index in [1.807, 2.05) is 0 Å². The summed E-state index contributed by atoms with van der Waals surface area (Å²) in [6.45, 7) is 5.09. The zero-order valence-corrected chi connectivity index (χ0v) is 14.0. The molecule has 128 valence electrons.